The number of hydrogen-bond donors (Lipinski definition) is 1. The highest BCUT2D eigenvalue weighted by molar-refractivity contribution is 5.94. The summed E-state index contributed by atoms with van der Waals surface area (Å²) in [6.45, 7) is 2.72. The van der Waals surface area contributed by atoms with Crippen LogP contribution in [0.4, 0.5) is 11.4 Å². The van der Waals surface area contributed by atoms with Crippen molar-refractivity contribution < 1.29 is 4.74 Å². The Balaban J connectivity index is 2.29. The van der Waals surface area contributed by atoms with Crippen LogP contribution in [0.3, 0.4) is 0 Å². The van der Waals surface area contributed by atoms with Crippen LogP contribution < -0.4 is 10.1 Å². The minimum atomic E-state index is 0.734. The summed E-state index contributed by atoms with van der Waals surface area (Å²) in [5.74, 6) is 0.972. The van der Waals surface area contributed by atoms with Crippen molar-refractivity contribution >= 4 is 11.4 Å². The zero-order chi connectivity index (χ0) is 6.97. The lowest BCUT2D eigenvalue weighted by Crippen LogP contribution is -1.88. The molecule has 0 radical (unpaired) electrons. The summed E-state index contributed by atoms with van der Waals surface area (Å²) in [5, 5.41) is 3.12. The van der Waals surface area contributed by atoms with Crippen molar-refractivity contribution in [2.75, 3.05) is 11.9 Å². The van der Waals surface area contributed by atoms with Gasteiger partial charge in [0.1, 0.15) is 11.4 Å². The summed E-state index contributed by atoms with van der Waals surface area (Å²) in [6, 6.07) is 6.00. The van der Waals surface area contributed by atoms with Crippen LogP contribution >= 0.6 is 0 Å². The van der Waals surface area contributed by atoms with Crippen LogP contribution in [0.5, 0.6) is 5.75 Å². The van der Waals surface area contributed by atoms with Crippen molar-refractivity contribution in [1.29, 1.82) is 0 Å². The Morgan fingerprint density at radius 2 is 2.40 bits per heavy atom. The summed E-state index contributed by atoms with van der Waals surface area (Å²) in [5.41, 5.74) is 2.36. The molecule has 1 aromatic carbocycles. The highest BCUT2D eigenvalue weighted by atomic mass is 16.5. The molecule has 10 heavy (non-hydrogen) atoms. The standard InChI is InChI=1S/C8H9NO/c1-2-10-7-5-3-4-6-8(7)9-6/h3-5,9H,2H2,1H3. The van der Waals surface area contributed by atoms with Gasteiger partial charge in [-0.25, -0.2) is 0 Å². The van der Waals surface area contributed by atoms with E-state index in [4.69, 9.17) is 4.74 Å². The number of fused-ring (bicyclic) bond motifs is 1. The molecule has 0 unspecified atom stereocenters. The fraction of sp³-hybridized carbons (Fsp3) is 0.250. The molecular formula is C8H9NO. The molecule has 0 aliphatic carbocycles. The summed E-state index contributed by atoms with van der Waals surface area (Å²) in [4.78, 5) is 0. The van der Waals surface area contributed by atoms with E-state index < -0.39 is 0 Å². The third-order valence-corrected chi connectivity index (χ3v) is 1.52. The topological polar surface area (TPSA) is 31.2 Å². The second-order valence-electron chi connectivity index (χ2n) is 2.24. The van der Waals surface area contributed by atoms with Crippen molar-refractivity contribution in [2.24, 2.45) is 0 Å². The highest BCUT2D eigenvalue weighted by Gasteiger charge is 2.19. The van der Waals surface area contributed by atoms with Crippen LogP contribution in [0.25, 0.3) is 0 Å². The quantitative estimate of drug-likeness (QED) is 0.639. The Hall–Kier alpha value is -1.18. The number of nitrogens with one attached hydrogen (secondary N) is 1. The fourth-order valence-corrected chi connectivity index (χ4v) is 1.01. The molecule has 0 bridgehead atoms. The molecule has 1 aromatic rings. The number of ether oxygens (including phenoxy) is 1. The minimum Gasteiger partial charge on any atom is -0.492 e. The Bertz CT molecular complexity index is 257. The van der Waals surface area contributed by atoms with Gasteiger partial charge in [0.25, 0.3) is 0 Å². The SMILES string of the molecule is CCOc1cccc2c1N2. The summed E-state index contributed by atoms with van der Waals surface area (Å²) < 4.78 is 5.33. The maximum atomic E-state index is 5.33. The maximum absolute atomic E-state index is 5.33. The van der Waals surface area contributed by atoms with Gasteiger partial charge in [-0.1, -0.05) is 6.07 Å². The van der Waals surface area contributed by atoms with Crippen LogP contribution in [0.2, 0.25) is 0 Å². The summed E-state index contributed by atoms with van der Waals surface area (Å²) >= 11 is 0. The van der Waals surface area contributed by atoms with Crippen molar-refractivity contribution in [2.45, 2.75) is 6.92 Å². The number of benzene rings is 1. The van der Waals surface area contributed by atoms with Crippen molar-refractivity contribution in [3.8, 4) is 5.75 Å². The molecule has 52 valence electrons. The molecule has 1 N–H and O–H groups in total. The number of para-hydroxylation sites is 1. The molecule has 2 rings (SSSR count). The molecule has 0 fully saturated rings. The van der Waals surface area contributed by atoms with E-state index in [1.54, 1.807) is 0 Å². The zero-order valence-electron chi connectivity index (χ0n) is 5.85. The van der Waals surface area contributed by atoms with Gasteiger partial charge in [-0.15, -0.1) is 0 Å². The predicted molar refractivity (Wildman–Crippen MR) is 40.9 cm³/mol. The predicted octanol–water partition coefficient (Wildman–Crippen LogP) is 2.14. The Labute approximate surface area is 59.8 Å². The lowest BCUT2D eigenvalue weighted by atomic mass is 10.3. The summed E-state index contributed by atoms with van der Waals surface area (Å²) in [7, 11) is 0. The van der Waals surface area contributed by atoms with Gasteiger partial charge < -0.3 is 10.1 Å². The number of hydrogen-bond acceptors (Lipinski definition) is 2. The smallest absolute Gasteiger partial charge is 0.144 e. The molecule has 1 heterocycles. The van der Waals surface area contributed by atoms with E-state index in [0.717, 1.165) is 18.0 Å². The average molecular weight is 135 g/mol. The first-order chi connectivity index (χ1) is 4.92. The van der Waals surface area contributed by atoms with E-state index >= 15 is 0 Å². The number of anilines is 2. The maximum Gasteiger partial charge on any atom is 0.144 e. The second-order valence-corrected chi connectivity index (χ2v) is 2.24. The highest BCUT2D eigenvalue weighted by Crippen LogP contribution is 2.46. The van der Waals surface area contributed by atoms with Crippen LogP contribution in [0.15, 0.2) is 18.2 Å². The normalized spacial score (nSPS) is 11.7. The lowest BCUT2D eigenvalue weighted by molar-refractivity contribution is 0.343. The molecule has 1 aliphatic heterocycles. The van der Waals surface area contributed by atoms with Gasteiger partial charge in [0.2, 0.25) is 0 Å². The zero-order valence-corrected chi connectivity index (χ0v) is 5.85. The molecule has 0 aromatic heterocycles. The van der Waals surface area contributed by atoms with Gasteiger partial charge in [0.15, 0.2) is 0 Å². The average Bonchev–Trinajstić information content (AvgIpc) is 2.67. The van der Waals surface area contributed by atoms with E-state index in [1.165, 1.54) is 5.69 Å². The first kappa shape index (κ1) is 5.59. The molecule has 0 amide bonds. The molecule has 1 aliphatic rings. The summed E-state index contributed by atoms with van der Waals surface area (Å²) in [6.07, 6.45) is 0. The van der Waals surface area contributed by atoms with Crippen LogP contribution in [-0.2, 0) is 0 Å². The van der Waals surface area contributed by atoms with Gasteiger partial charge in [-0.2, -0.15) is 0 Å². The lowest BCUT2D eigenvalue weighted by Gasteiger charge is -1.98. The third-order valence-electron chi connectivity index (χ3n) is 1.52. The monoisotopic (exact) mass is 135 g/mol. The van der Waals surface area contributed by atoms with Crippen LogP contribution in [0.1, 0.15) is 6.92 Å². The van der Waals surface area contributed by atoms with E-state index in [9.17, 15) is 0 Å². The van der Waals surface area contributed by atoms with E-state index in [0.29, 0.717) is 0 Å². The van der Waals surface area contributed by atoms with E-state index in [1.807, 2.05) is 25.1 Å². The van der Waals surface area contributed by atoms with Crippen molar-refractivity contribution in [3.63, 3.8) is 0 Å². The Morgan fingerprint density at radius 3 is 3.20 bits per heavy atom. The molecule has 2 heteroatoms. The third kappa shape index (κ3) is 0.727. The minimum absolute atomic E-state index is 0.734. The molecule has 0 saturated heterocycles. The first-order valence-electron chi connectivity index (χ1n) is 3.44. The first-order valence-corrected chi connectivity index (χ1v) is 3.44. The largest absolute Gasteiger partial charge is 0.492 e. The van der Waals surface area contributed by atoms with Gasteiger partial charge in [-0.3, -0.25) is 0 Å². The van der Waals surface area contributed by atoms with Gasteiger partial charge in [0.05, 0.1) is 12.3 Å². The Morgan fingerprint density at radius 1 is 1.50 bits per heavy atom. The number of rotatable bonds is 2. The van der Waals surface area contributed by atoms with Crippen molar-refractivity contribution in [3.05, 3.63) is 18.2 Å². The molecule has 2 nitrogen and oxygen atoms in total. The van der Waals surface area contributed by atoms with Crippen molar-refractivity contribution in [1.82, 2.24) is 0 Å². The van der Waals surface area contributed by atoms with Crippen LogP contribution in [0, 0.1) is 0 Å². The molecule has 0 spiro atoms. The van der Waals surface area contributed by atoms with E-state index in [-0.39, 0.29) is 0 Å². The Kier molecular flexibility index (Phi) is 1.07. The van der Waals surface area contributed by atoms with Gasteiger partial charge >= 0.3 is 0 Å². The van der Waals surface area contributed by atoms with Gasteiger partial charge in [0, 0.05) is 0 Å². The molecule has 0 saturated carbocycles. The molecular weight excluding hydrogens is 126 g/mol. The van der Waals surface area contributed by atoms with E-state index in [2.05, 4.69) is 5.32 Å². The van der Waals surface area contributed by atoms with Gasteiger partial charge in [-0.05, 0) is 19.1 Å². The van der Waals surface area contributed by atoms with Crippen LogP contribution in [-0.4, -0.2) is 6.61 Å². The fourth-order valence-electron chi connectivity index (χ4n) is 1.01. The molecule has 0 atom stereocenters. The second kappa shape index (κ2) is 1.90.